The maximum atomic E-state index is 13.0. The number of hydrogen-bond acceptors (Lipinski definition) is 15. The number of ether oxygens (including phenoxy) is 8. The monoisotopic (exact) mass is 1440 g/mol. The molecule has 19 nitrogen and oxygen atoms in total. The second kappa shape index (κ2) is 42.1. The van der Waals surface area contributed by atoms with Crippen molar-refractivity contribution < 1.29 is 76.6 Å². The summed E-state index contributed by atoms with van der Waals surface area (Å²) < 4.78 is 44.1. The van der Waals surface area contributed by atoms with Crippen LogP contribution in [0.15, 0.2) is 164 Å². The van der Waals surface area contributed by atoms with Crippen LogP contribution in [0.25, 0.3) is 0 Å². The molecule has 0 aliphatic heterocycles. The molecule has 0 fully saturated rings. The lowest BCUT2D eigenvalue weighted by Crippen LogP contribution is -2.42. The summed E-state index contributed by atoms with van der Waals surface area (Å²) in [5.74, 6) is -3.15. The van der Waals surface area contributed by atoms with Crippen molar-refractivity contribution in [1.29, 1.82) is 0 Å². The molecule has 0 unspecified atom stereocenters. The van der Waals surface area contributed by atoms with E-state index in [0.29, 0.717) is 38.2 Å². The van der Waals surface area contributed by atoms with E-state index in [4.69, 9.17) is 37.9 Å². The maximum absolute atomic E-state index is 13.0. The highest BCUT2D eigenvalue weighted by atomic mass is 28.3. The summed E-state index contributed by atoms with van der Waals surface area (Å²) >= 11 is 0. The first-order valence-electron chi connectivity index (χ1n) is 35.0. The van der Waals surface area contributed by atoms with Gasteiger partial charge in [-0.1, -0.05) is 203 Å². The van der Waals surface area contributed by atoms with Crippen LogP contribution >= 0.6 is 0 Å². The standard InChI is InChI=1S/C29H41NO7Si.C29H43NO5Si.C23H29NO4/c1-29(2,3)37-27(33)24(20-35-16-17-38(4,5)6)23-14-12-21(13-15-23)18-25(26(31)32)30-28(34)36-19-22-10-8-7-9-11-22;1-22(30-28(32)34-20-24-11-9-8-10-12-24)19-23-13-15-25(16-14-23)26(27(31)35-29(2,3)4)21-33-17-18-36(5,6)7;1-17(24-22(26)27-16-20-8-6-5-7-9-20)14-18-10-12-19(13-11-18)15-21(25)28-23(2,3)4/h7-15,24-25H,16-20H2,1-6H3,(H,30,34)(H,31,32);8-16,22,26H,17-21H2,1-7H3,(H,30,32);5-13,17H,14-16H2,1-4H3,(H,24,26)/t24-,25+;22-,26-;17-/m111/s1. The van der Waals surface area contributed by atoms with Crippen LogP contribution < -0.4 is 16.0 Å². The Hall–Kier alpha value is -8.64. The molecule has 0 bridgehead atoms. The molecule has 6 rings (SSSR count). The third kappa shape index (κ3) is 38.4. The molecule has 0 spiro atoms. The van der Waals surface area contributed by atoms with Crippen molar-refractivity contribution in [1.82, 2.24) is 16.0 Å². The molecule has 0 aliphatic rings. The zero-order valence-corrected chi connectivity index (χ0v) is 65.2. The number of rotatable bonds is 32. The Balaban J connectivity index is 0.000000328. The third-order valence-electron chi connectivity index (χ3n) is 15.0. The number of alkyl carbamates (subject to hydrolysis) is 3. The van der Waals surface area contributed by atoms with E-state index in [1.54, 1.807) is 24.3 Å². The summed E-state index contributed by atoms with van der Waals surface area (Å²) in [5, 5.41) is 17.7. The average molecular weight is 1440 g/mol. The van der Waals surface area contributed by atoms with Gasteiger partial charge in [0.2, 0.25) is 0 Å². The van der Waals surface area contributed by atoms with Crippen molar-refractivity contribution in [2.24, 2.45) is 0 Å². The van der Waals surface area contributed by atoms with Gasteiger partial charge in [-0.15, -0.1) is 0 Å². The molecule has 6 aromatic rings. The van der Waals surface area contributed by atoms with Gasteiger partial charge in [-0.25, -0.2) is 19.2 Å². The van der Waals surface area contributed by atoms with E-state index < -0.39 is 75.1 Å². The van der Waals surface area contributed by atoms with Crippen molar-refractivity contribution in [2.45, 2.75) is 220 Å². The highest BCUT2D eigenvalue weighted by Gasteiger charge is 2.30. The van der Waals surface area contributed by atoms with E-state index in [0.717, 1.165) is 56.6 Å². The summed E-state index contributed by atoms with van der Waals surface area (Å²) in [7, 11) is -2.48. The number of carbonyl (C=O) groups is 7. The normalized spacial score (nSPS) is 13.1. The molecule has 0 saturated carbocycles. The molecule has 6 aromatic carbocycles. The first-order valence-corrected chi connectivity index (χ1v) is 42.4. The smallest absolute Gasteiger partial charge is 0.408 e. The molecular weight excluding hydrogens is 1330 g/mol. The molecule has 0 saturated heterocycles. The largest absolute Gasteiger partial charge is 0.480 e. The fraction of sp³-hybridized carbons (Fsp3) is 0.469. The minimum Gasteiger partial charge on any atom is -0.480 e. The summed E-state index contributed by atoms with van der Waals surface area (Å²) in [6.45, 7) is 36.5. The number of carboxylic acids is 1. The Morgan fingerprint density at radius 2 is 0.696 bits per heavy atom. The second-order valence-corrected chi connectivity index (χ2v) is 42.2. The van der Waals surface area contributed by atoms with Crippen LogP contribution in [-0.4, -0.2) is 125 Å². The van der Waals surface area contributed by atoms with Gasteiger partial charge in [0.05, 0.1) is 19.6 Å². The molecule has 0 radical (unpaired) electrons. The summed E-state index contributed by atoms with van der Waals surface area (Å²) in [6.07, 6.45) is -0.0611. The number of nitrogens with one attached hydrogen (secondary N) is 3. The number of carbonyl (C=O) groups excluding carboxylic acids is 6. The minimum absolute atomic E-state index is 0.0414. The van der Waals surface area contributed by atoms with E-state index in [2.05, 4.69) is 55.2 Å². The summed E-state index contributed by atoms with van der Waals surface area (Å²) in [4.78, 5) is 85.8. The minimum atomic E-state index is -1.27. The van der Waals surface area contributed by atoms with Gasteiger partial charge in [-0.3, -0.25) is 14.4 Å². The van der Waals surface area contributed by atoms with E-state index in [9.17, 15) is 38.7 Å². The zero-order valence-electron chi connectivity index (χ0n) is 63.2. The molecule has 4 N–H and O–H groups in total. The summed E-state index contributed by atoms with van der Waals surface area (Å²) in [5.41, 5.74) is 6.32. The third-order valence-corrected chi connectivity index (χ3v) is 18.4. The molecule has 5 atom stereocenters. The maximum Gasteiger partial charge on any atom is 0.408 e. The Morgan fingerprint density at radius 1 is 0.392 bits per heavy atom. The predicted octanol–water partition coefficient (Wildman–Crippen LogP) is 16.1. The lowest BCUT2D eigenvalue weighted by molar-refractivity contribution is -0.159. The fourth-order valence-corrected chi connectivity index (χ4v) is 11.2. The van der Waals surface area contributed by atoms with Crippen molar-refractivity contribution >= 4 is 58.3 Å². The van der Waals surface area contributed by atoms with Crippen molar-refractivity contribution in [2.75, 3.05) is 26.4 Å². The van der Waals surface area contributed by atoms with Gasteiger partial charge in [0.25, 0.3) is 0 Å². The molecular formula is C81H113N3O16Si2. The van der Waals surface area contributed by atoms with Crippen LogP contribution in [-0.2, 0) is 103 Å². The highest BCUT2D eigenvalue weighted by molar-refractivity contribution is 6.76. The van der Waals surface area contributed by atoms with Crippen molar-refractivity contribution in [3.63, 3.8) is 0 Å². The Bertz CT molecular complexity index is 3490. The molecule has 0 aromatic heterocycles. The van der Waals surface area contributed by atoms with E-state index in [-0.39, 0.29) is 69.3 Å². The Labute approximate surface area is 607 Å². The van der Waals surface area contributed by atoms with Crippen molar-refractivity contribution in [3.05, 3.63) is 214 Å². The predicted molar refractivity (Wildman–Crippen MR) is 405 cm³/mol. The summed E-state index contributed by atoms with van der Waals surface area (Å²) in [6, 6.07) is 51.7. The van der Waals surface area contributed by atoms with Crippen LogP contribution in [0.4, 0.5) is 14.4 Å². The average Bonchev–Trinajstić information content (AvgIpc) is 0.846. The van der Waals surface area contributed by atoms with Gasteiger partial charge < -0.3 is 59.0 Å². The molecule has 556 valence electrons. The van der Waals surface area contributed by atoms with E-state index in [1.165, 1.54) is 0 Å². The number of hydrogen-bond donors (Lipinski definition) is 4. The van der Waals surface area contributed by atoms with E-state index >= 15 is 0 Å². The molecule has 3 amide bonds. The van der Waals surface area contributed by atoms with Crippen LogP contribution in [0.1, 0.15) is 138 Å². The van der Waals surface area contributed by atoms with Gasteiger partial charge >= 0.3 is 42.2 Å². The van der Waals surface area contributed by atoms with Gasteiger partial charge in [0.1, 0.15) is 54.5 Å². The number of aliphatic carboxylic acids is 1. The number of esters is 3. The number of amides is 3. The van der Waals surface area contributed by atoms with Gasteiger partial charge in [0, 0.05) is 47.9 Å². The number of carboxylic acid groups (broad SMARTS) is 1. The Morgan fingerprint density at radius 3 is 1.01 bits per heavy atom. The van der Waals surface area contributed by atoms with Gasteiger partial charge in [0.15, 0.2) is 0 Å². The molecule has 0 aliphatic carbocycles. The Kier molecular flexibility index (Phi) is 35.4. The molecule has 21 heteroatoms. The van der Waals surface area contributed by atoms with Crippen LogP contribution in [0.2, 0.25) is 51.4 Å². The van der Waals surface area contributed by atoms with Crippen LogP contribution in [0, 0.1) is 0 Å². The zero-order chi connectivity index (χ0) is 75.7. The van der Waals surface area contributed by atoms with Gasteiger partial charge in [-0.2, -0.15) is 0 Å². The van der Waals surface area contributed by atoms with Crippen LogP contribution in [0.3, 0.4) is 0 Å². The quantitative estimate of drug-likeness (QED) is 0.0133. The van der Waals surface area contributed by atoms with Gasteiger partial charge in [-0.05, 0) is 151 Å². The topological polar surface area (TPSA) is 250 Å². The first kappa shape index (κ1) is 85.8. The van der Waals surface area contributed by atoms with Crippen molar-refractivity contribution in [3.8, 4) is 0 Å². The number of benzene rings is 6. The second-order valence-electron chi connectivity index (χ2n) is 30.9. The lowest BCUT2D eigenvalue weighted by atomic mass is 9.96. The van der Waals surface area contributed by atoms with Crippen LogP contribution in [0.5, 0.6) is 0 Å². The fourth-order valence-electron chi connectivity index (χ4n) is 9.70. The SMILES string of the molecule is CC(C)(C)OC(=O)[C@H](COCC[Si](C)(C)C)c1ccc(C[C@H](NC(=O)OCc2ccccc2)C(=O)O)cc1.C[C@H](Cc1ccc(CC(=O)OC(C)(C)C)cc1)NC(=O)OCc1ccccc1.C[C@H](Cc1ccc([C@@H](COCC[Si](C)(C)C)C(=O)OC(C)(C)C)cc1)NC(=O)OCc1ccccc1. The van der Waals surface area contributed by atoms with E-state index in [1.807, 2.05) is 216 Å². The highest BCUT2D eigenvalue weighted by Crippen LogP contribution is 2.26. The lowest BCUT2D eigenvalue weighted by Gasteiger charge is -2.25. The molecule has 102 heavy (non-hydrogen) atoms. The molecule has 0 heterocycles. The first-order chi connectivity index (χ1) is 47.8.